The van der Waals surface area contributed by atoms with Gasteiger partial charge in [-0.3, -0.25) is 0 Å². The minimum atomic E-state index is -0.373. The number of ether oxygens (including phenoxy) is 1. The molecule has 2 nitrogen and oxygen atoms in total. The number of nitrogens with one attached hydrogen (secondary N) is 1. The Bertz CT molecular complexity index is 601. The lowest BCUT2D eigenvalue weighted by Crippen LogP contribution is -2.24. The van der Waals surface area contributed by atoms with Crippen LogP contribution in [0.5, 0.6) is 5.75 Å². The fourth-order valence-electron chi connectivity index (χ4n) is 2.39. The lowest BCUT2D eigenvalue weighted by atomic mass is 9.98. The molecule has 0 radical (unpaired) electrons. The van der Waals surface area contributed by atoms with Gasteiger partial charge in [0.25, 0.3) is 0 Å². The number of likely N-dealkylation sites (N-methyl/N-ethyl adjacent to an activating group) is 1. The van der Waals surface area contributed by atoms with E-state index in [0.29, 0.717) is 18.5 Å². The molecule has 0 fully saturated rings. The third-order valence-corrected chi connectivity index (χ3v) is 3.37. The van der Waals surface area contributed by atoms with Crippen molar-refractivity contribution in [2.24, 2.45) is 0 Å². The molecular formula is C17H19F2NO. The van der Waals surface area contributed by atoms with Crippen molar-refractivity contribution >= 4 is 0 Å². The number of halogens is 2. The third kappa shape index (κ3) is 3.79. The second kappa shape index (κ2) is 7.18. The molecule has 2 rings (SSSR count). The van der Waals surface area contributed by atoms with Crippen LogP contribution >= 0.6 is 0 Å². The maximum atomic E-state index is 14.4. The summed E-state index contributed by atoms with van der Waals surface area (Å²) in [6.45, 7) is 2.65. The molecule has 112 valence electrons. The van der Waals surface area contributed by atoms with Crippen molar-refractivity contribution in [3.05, 3.63) is 65.2 Å². The maximum absolute atomic E-state index is 14.4. The second-order valence-corrected chi connectivity index (χ2v) is 4.81. The number of hydrogen-bond donors (Lipinski definition) is 1. The van der Waals surface area contributed by atoms with E-state index in [1.165, 1.54) is 19.2 Å². The van der Waals surface area contributed by atoms with E-state index in [4.69, 9.17) is 4.74 Å². The van der Waals surface area contributed by atoms with Gasteiger partial charge in [-0.05, 0) is 36.7 Å². The van der Waals surface area contributed by atoms with Crippen molar-refractivity contribution in [3.63, 3.8) is 0 Å². The molecule has 1 atom stereocenters. The molecule has 0 spiro atoms. The van der Waals surface area contributed by atoms with Crippen LogP contribution in [0.25, 0.3) is 0 Å². The SMILES string of the molecule is CCNC(Cc1cccc(F)c1)c1cccc(OC)c1F. The van der Waals surface area contributed by atoms with Crippen molar-refractivity contribution in [3.8, 4) is 5.75 Å². The van der Waals surface area contributed by atoms with Gasteiger partial charge < -0.3 is 10.1 Å². The largest absolute Gasteiger partial charge is 0.494 e. The minimum absolute atomic E-state index is 0.217. The van der Waals surface area contributed by atoms with Gasteiger partial charge in [0.15, 0.2) is 11.6 Å². The van der Waals surface area contributed by atoms with Crippen LogP contribution in [-0.4, -0.2) is 13.7 Å². The van der Waals surface area contributed by atoms with E-state index in [-0.39, 0.29) is 23.4 Å². The highest BCUT2D eigenvalue weighted by Gasteiger charge is 2.18. The molecule has 1 unspecified atom stereocenters. The number of rotatable bonds is 6. The van der Waals surface area contributed by atoms with Crippen LogP contribution in [0.4, 0.5) is 8.78 Å². The Kier molecular flexibility index (Phi) is 5.28. The molecule has 4 heteroatoms. The highest BCUT2D eigenvalue weighted by Crippen LogP contribution is 2.27. The molecular weight excluding hydrogens is 272 g/mol. The van der Waals surface area contributed by atoms with Crippen molar-refractivity contribution in [2.75, 3.05) is 13.7 Å². The predicted molar refractivity (Wildman–Crippen MR) is 79.5 cm³/mol. The molecule has 0 aromatic heterocycles. The number of hydrogen-bond acceptors (Lipinski definition) is 2. The Balaban J connectivity index is 2.31. The number of methoxy groups -OCH3 is 1. The van der Waals surface area contributed by atoms with E-state index in [1.54, 1.807) is 24.3 Å². The van der Waals surface area contributed by atoms with Crippen LogP contribution in [0.15, 0.2) is 42.5 Å². The summed E-state index contributed by atoms with van der Waals surface area (Å²) in [7, 11) is 1.44. The van der Waals surface area contributed by atoms with Crippen LogP contribution in [0.2, 0.25) is 0 Å². The first-order chi connectivity index (χ1) is 10.2. The summed E-state index contributed by atoms with van der Waals surface area (Å²) in [5.74, 6) is -0.439. The number of benzene rings is 2. The van der Waals surface area contributed by atoms with Crippen LogP contribution in [0.3, 0.4) is 0 Å². The zero-order valence-electron chi connectivity index (χ0n) is 12.2. The van der Waals surface area contributed by atoms with Gasteiger partial charge in [0.2, 0.25) is 0 Å². The topological polar surface area (TPSA) is 21.3 Å². The lowest BCUT2D eigenvalue weighted by molar-refractivity contribution is 0.379. The van der Waals surface area contributed by atoms with Gasteiger partial charge in [-0.25, -0.2) is 8.78 Å². The Morgan fingerprint density at radius 2 is 1.90 bits per heavy atom. The zero-order chi connectivity index (χ0) is 15.2. The van der Waals surface area contributed by atoms with E-state index in [1.807, 2.05) is 13.0 Å². The van der Waals surface area contributed by atoms with E-state index in [9.17, 15) is 8.78 Å². The first kappa shape index (κ1) is 15.4. The van der Waals surface area contributed by atoms with Gasteiger partial charge >= 0.3 is 0 Å². The van der Waals surface area contributed by atoms with Gasteiger partial charge in [0.1, 0.15) is 5.82 Å². The Labute approximate surface area is 123 Å². The van der Waals surface area contributed by atoms with Gasteiger partial charge in [0.05, 0.1) is 7.11 Å². The van der Waals surface area contributed by atoms with E-state index < -0.39 is 0 Å². The molecule has 21 heavy (non-hydrogen) atoms. The first-order valence-corrected chi connectivity index (χ1v) is 6.96. The van der Waals surface area contributed by atoms with Gasteiger partial charge in [-0.1, -0.05) is 31.2 Å². The lowest BCUT2D eigenvalue weighted by Gasteiger charge is -2.20. The average Bonchev–Trinajstić information content (AvgIpc) is 2.47. The van der Waals surface area contributed by atoms with Gasteiger partial charge in [-0.15, -0.1) is 0 Å². The maximum Gasteiger partial charge on any atom is 0.169 e. The quantitative estimate of drug-likeness (QED) is 0.872. The average molecular weight is 291 g/mol. The van der Waals surface area contributed by atoms with Crippen molar-refractivity contribution < 1.29 is 13.5 Å². The Morgan fingerprint density at radius 3 is 2.57 bits per heavy atom. The van der Waals surface area contributed by atoms with Crippen molar-refractivity contribution in [1.82, 2.24) is 5.32 Å². The molecule has 0 bridgehead atoms. The van der Waals surface area contributed by atoms with E-state index in [0.717, 1.165) is 5.56 Å². The van der Waals surface area contributed by atoms with Crippen LogP contribution in [0.1, 0.15) is 24.1 Å². The molecule has 0 heterocycles. The Hall–Kier alpha value is -1.94. The fraction of sp³-hybridized carbons (Fsp3) is 0.294. The van der Waals surface area contributed by atoms with Crippen LogP contribution in [0, 0.1) is 11.6 Å². The Morgan fingerprint density at radius 1 is 1.14 bits per heavy atom. The molecule has 0 aliphatic carbocycles. The summed E-state index contributed by atoms with van der Waals surface area (Å²) in [6, 6.07) is 11.2. The second-order valence-electron chi connectivity index (χ2n) is 4.81. The fourth-order valence-corrected chi connectivity index (χ4v) is 2.39. The highest BCUT2D eigenvalue weighted by molar-refractivity contribution is 5.34. The molecule has 1 N–H and O–H groups in total. The highest BCUT2D eigenvalue weighted by atomic mass is 19.1. The summed E-state index contributed by atoms with van der Waals surface area (Å²) < 4.78 is 32.7. The molecule has 0 aliphatic rings. The summed E-state index contributed by atoms with van der Waals surface area (Å²) in [6.07, 6.45) is 0.510. The first-order valence-electron chi connectivity index (χ1n) is 6.96. The molecule has 0 aliphatic heterocycles. The summed E-state index contributed by atoms with van der Waals surface area (Å²) in [5, 5.41) is 3.24. The van der Waals surface area contributed by atoms with Gasteiger partial charge in [0, 0.05) is 11.6 Å². The molecule has 0 saturated heterocycles. The molecule has 2 aromatic rings. The van der Waals surface area contributed by atoms with E-state index >= 15 is 0 Å². The smallest absolute Gasteiger partial charge is 0.169 e. The summed E-state index contributed by atoms with van der Waals surface area (Å²) in [4.78, 5) is 0. The molecule has 0 saturated carbocycles. The predicted octanol–water partition coefficient (Wildman–Crippen LogP) is 3.87. The minimum Gasteiger partial charge on any atom is -0.494 e. The zero-order valence-corrected chi connectivity index (χ0v) is 12.2. The standard InChI is InChI=1S/C17H19F2NO/c1-3-20-15(11-12-6-4-7-13(18)10-12)14-8-5-9-16(21-2)17(14)19/h4-10,15,20H,3,11H2,1-2H3. The van der Waals surface area contributed by atoms with Crippen LogP contribution < -0.4 is 10.1 Å². The normalized spacial score (nSPS) is 12.2. The van der Waals surface area contributed by atoms with Crippen LogP contribution in [-0.2, 0) is 6.42 Å². The van der Waals surface area contributed by atoms with Crippen molar-refractivity contribution in [2.45, 2.75) is 19.4 Å². The van der Waals surface area contributed by atoms with Gasteiger partial charge in [-0.2, -0.15) is 0 Å². The summed E-state index contributed by atoms with van der Waals surface area (Å²) in [5.41, 5.74) is 1.35. The van der Waals surface area contributed by atoms with Crippen molar-refractivity contribution in [1.29, 1.82) is 0 Å². The van der Waals surface area contributed by atoms with E-state index in [2.05, 4.69) is 5.32 Å². The monoisotopic (exact) mass is 291 g/mol. The molecule has 2 aromatic carbocycles. The summed E-state index contributed by atoms with van der Waals surface area (Å²) >= 11 is 0. The third-order valence-electron chi connectivity index (χ3n) is 3.37. The molecule has 0 amide bonds.